The fraction of sp³-hybridized carbons (Fsp3) is 0.444. The number of carbonyl (C=O) groups excluding carboxylic acids is 1. The lowest BCUT2D eigenvalue weighted by Gasteiger charge is -2.04. The van der Waals surface area contributed by atoms with Crippen molar-refractivity contribution in [3.63, 3.8) is 0 Å². The van der Waals surface area contributed by atoms with E-state index in [4.69, 9.17) is 4.84 Å². The Kier molecular flexibility index (Phi) is 3.79. The molecule has 2 heterocycles. The van der Waals surface area contributed by atoms with E-state index in [0.29, 0.717) is 12.1 Å². The van der Waals surface area contributed by atoms with Crippen LogP contribution in [0.4, 0.5) is 0 Å². The van der Waals surface area contributed by atoms with Crippen LogP contribution in [0.1, 0.15) is 6.42 Å². The van der Waals surface area contributed by atoms with Crippen LogP contribution in [0.2, 0.25) is 0 Å². The number of thiazole rings is 1. The van der Waals surface area contributed by atoms with Crippen molar-refractivity contribution < 1.29 is 14.4 Å². The number of methoxy groups -OCH3 is 1. The number of ether oxygens (including phenoxy) is 1. The third kappa shape index (κ3) is 2.73. The van der Waals surface area contributed by atoms with Gasteiger partial charge in [-0.2, -0.15) is 0 Å². The number of hydrogen-bond donors (Lipinski definition) is 0. The van der Waals surface area contributed by atoms with Crippen molar-refractivity contribution in [3.05, 3.63) is 11.6 Å². The van der Waals surface area contributed by atoms with Crippen molar-refractivity contribution in [1.82, 2.24) is 4.98 Å². The fourth-order valence-corrected chi connectivity index (χ4v) is 2.85. The number of esters is 1. The number of nitrogens with zero attached hydrogens (tertiary/aromatic N) is 2. The maximum atomic E-state index is 11.1. The summed E-state index contributed by atoms with van der Waals surface area (Å²) < 4.78 is 5.56. The smallest absolute Gasteiger partial charge is 0.355 e. The molecule has 7 heteroatoms. The topological polar surface area (TPSA) is 60.8 Å². The van der Waals surface area contributed by atoms with Crippen LogP contribution in [0, 0.1) is 0 Å². The summed E-state index contributed by atoms with van der Waals surface area (Å²) in [6, 6.07) is 0. The largest absolute Gasteiger partial charge is 0.464 e. The minimum absolute atomic E-state index is 0.0667. The van der Waals surface area contributed by atoms with E-state index in [2.05, 4.69) is 14.9 Å². The van der Waals surface area contributed by atoms with Crippen LogP contribution in [-0.4, -0.2) is 35.6 Å². The van der Waals surface area contributed by atoms with Gasteiger partial charge in [-0.3, -0.25) is 0 Å². The van der Waals surface area contributed by atoms with Gasteiger partial charge in [-0.1, -0.05) is 16.9 Å². The summed E-state index contributed by atoms with van der Waals surface area (Å²) >= 11 is 3.19. The Bertz CT molecular complexity index is 391. The molecule has 1 aliphatic heterocycles. The normalized spacial score (nSPS) is 19.1. The summed E-state index contributed by atoms with van der Waals surface area (Å²) in [4.78, 5) is 20.4. The third-order valence-corrected chi connectivity index (χ3v) is 4.05. The van der Waals surface area contributed by atoms with E-state index in [1.807, 2.05) is 5.38 Å². The van der Waals surface area contributed by atoms with Crippen LogP contribution in [0.15, 0.2) is 21.1 Å². The highest BCUT2D eigenvalue weighted by molar-refractivity contribution is 8.01. The quantitative estimate of drug-likeness (QED) is 0.606. The molecule has 0 spiro atoms. The monoisotopic (exact) mass is 258 g/mol. The summed E-state index contributed by atoms with van der Waals surface area (Å²) in [6.45, 7) is 0. The first-order valence-electron chi connectivity index (χ1n) is 4.63. The van der Waals surface area contributed by atoms with E-state index in [1.54, 1.807) is 29.3 Å². The van der Waals surface area contributed by atoms with Crippen molar-refractivity contribution in [1.29, 1.82) is 0 Å². The zero-order valence-corrected chi connectivity index (χ0v) is 10.2. The first kappa shape index (κ1) is 11.4. The van der Waals surface area contributed by atoms with Crippen molar-refractivity contribution in [3.8, 4) is 0 Å². The molecule has 1 aliphatic rings. The van der Waals surface area contributed by atoms with Crippen molar-refractivity contribution in [2.45, 2.75) is 16.9 Å². The summed E-state index contributed by atoms with van der Waals surface area (Å²) in [7, 11) is 1.34. The van der Waals surface area contributed by atoms with Gasteiger partial charge in [0.1, 0.15) is 10.4 Å². The van der Waals surface area contributed by atoms with Gasteiger partial charge in [0, 0.05) is 23.8 Å². The molecule has 0 saturated carbocycles. The Hall–Kier alpha value is -1.08. The number of aromatic nitrogens is 1. The van der Waals surface area contributed by atoms with Gasteiger partial charge in [0.05, 0.1) is 7.11 Å². The summed E-state index contributed by atoms with van der Waals surface area (Å²) in [6.07, 6.45) is 2.20. The van der Waals surface area contributed by atoms with Crippen LogP contribution in [0.25, 0.3) is 0 Å². The highest BCUT2D eigenvalue weighted by Gasteiger charge is 2.26. The van der Waals surface area contributed by atoms with Crippen molar-refractivity contribution in [2.24, 2.45) is 5.16 Å². The lowest BCUT2D eigenvalue weighted by atomic mass is 10.2. The van der Waals surface area contributed by atoms with Crippen LogP contribution >= 0.6 is 23.1 Å². The fourth-order valence-electron chi connectivity index (χ4n) is 1.20. The number of rotatable bonds is 4. The number of carbonyl (C=O) groups is 1. The average molecular weight is 258 g/mol. The molecular weight excluding hydrogens is 248 g/mol. The molecule has 5 nitrogen and oxygen atoms in total. The van der Waals surface area contributed by atoms with Gasteiger partial charge in [0.25, 0.3) is 0 Å². The highest BCUT2D eigenvalue weighted by atomic mass is 32.2. The summed E-state index contributed by atoms with van der Waals surface area (Å²) in [5, 5.41) is 5.62. The number of oxime groups is 1. The van der Waals surface area contributed by atoms with Crippen LogP contribution in [-0.2, 0) is 14.4 Å². The molecule has 16 heavy (non-hydrogen) atoms. The molecule has 0 aliphatic carbocycles. The Morgan fingerprint density at radius 1 is 1.81 bits per heavy atom. The Balaban J connectivity index is 1.77. The van der Waals surface area contributed by atoms with Gasteiger partial charge in [-0.15, -0.1) is 11.3 Å². The van der Waals surface area contributed by atoms with Gasteiger partial charge in [0.2, 0.25) is 0 Å². The second kappa shape index (κ2) is 5.31. The third-order valence-electron chi connectivity index (χ3n) is 1.96. The minimum atomic E-state index is -0.415. The van der Waals surface area contributed by atoms with Crippen molar-refractivity contribution >= 4 is 34.8 Å². The average Bonchev–Trinajstić information content (AvgIpc) is 2.96. The maximum Gasteiger partial charge on any atom is 0.355 e. The van der Waals surface area contributed by atoms with Crippen LogP contribution < -0.4 is 0 Å². The Labute approximate surface area is 101 Å². The van der Waals surface area contributed by atoms with Gasteiger partial charge in [-0.25, -0.2) is 9.78 Å². The molecule has 0 amide bonds. The van der Waals surface area contributed by atoms with E-state index in [0.717, 1.165) is 10.1 Å². The first-order chi connectivity index (χ1) is 7.79. The molecule has 2 rings (SSSR count). The van der Waals surface area contributed by atoms with Crippen molar-refractivity contribution in [2.75, 3.05) is 12.9 Å². The molecule has 0 bridgehead atoms. The standard InChI is InChI=1S/C9H10N2O3S2/c1-13-8(12)7-4-6(14-11-7)5-16-9-10-2-3-15-9/h2-3,6H,4-5H2,1H3/t6-/m0/s1. The molecule has 0 radical (unpaired) electrons. The minimum Gasteiger partial charge on any atom is -0.464 e. The van der Waals surface area contributed by atoms with Gasteiger partial charge < -0.3 is 9.57 Å². The highest BCUT2D eigenvalue weighted by Crippen LogP contribution is 2.24. The molecule has 0 aromatic carbocycles. The van der Waals surface area contributed by atoms with Crippen LogP contribution in [0.5, 0.6) is 0 Å². The molecule has 86 valence electrons. The zero-order valence-electron chi connectivity index (χ0n) is 8.58. The second-order valence-corrected chi connectivity index (χ2v) is 5.23. The van der Waals surface area contributed by atoms with E-state index in [1.165, 1.54) is 7.11 Å². The van der Waals surface area contributed by atoms with E-state index in [-0.39, 0.29) is 6.10 Å². The molecule has 1 aromatic heterocycles. The summed E-state index contributed by atoms with van der Waals surface area (Å²) in [5.41, 5.74) is 0.354. The predicted molar refractivity (Wildman–Crippen MR) is 61.8 cm³/mol. The molecule has 0 saturated heterocycles. The molecule has 0 fully saturated rings. The molecule has 0 N–H and O–H groups in total. The number of hydrogen-bond acceptors (Lipinski definition) is 7. The lowest BCUT2D eigenvalue weighted by molar-refractivity contribution is -0.132. The Morgan fingerprint density at radius 2 is 2.69 bits per heavy atom. The van der Waals surface area contributed by atoms with Gasteiger partial charge in [-0.05, 0) is 0 Å². The molecule has 1 aromatic rings. The molecule has 0 unspecified atom stereocenters. The molecule has 1 atom stereocenters. The van der Waals surface area contributed by atoms with Crippen LogP contribution in [0.3, 0.4) is 0 Å². The maximum absolute atomic E-state index is 11.1. The van der Waals surface area contributed by atoms with E-state index in [9.17, 15) is 4.79 Å². The second-order valence-electron chi connectivity index (χ2n) is 3.07. The number of thioether (sulfide) groups is 1. The SMILES string of the molecule is COC(=O)C1=NO[C@H](CSc2nccs2)C1. The Morgan fingerprint density at radius 3 is 3.38 bits per heavy atom. The van der Waals surface area contributed by atoms with E-state index < -0.39 is 5.97 Å². The van der Waals surface area contributed by atoms with E-state index >= 15 is 0 Å². The zero-order chi connectivity index (χ0) is 11.4. The van der Waals surface area contributed by atoms with Gasteiger partial charge in [0.15, 0.2) is 5.71 Å². The predicted octanol–water partition coefficient (Wildman–Crippen LogP) is 1.55. The summed E-state index contributed by atoms with van der Waals surface area (Å²) in [5.74, 6) is 0.319. The lowest BCUT2D eigenvalue weighted by Crippen LogP contribution is -2.17. The molecular formula is C9H10N2O3S2. The first-order valence-corrected chi connectivity index (χ1v) is 6.49. The van der Waals surface area contributed by atoms with Gasteiger partial charge >= 0.3 is 5.97 Å².